The molecule has 0 radical (unpaired) electrons. The predicted octanol–water partition coefficient (Wildman–Crippen LogP) is 4.47. The Kier molecular flexibility index (Phi) is 4.47. The lowest BCUT2D eigenvalue weighted by molar-refractivity contribution is -0.117. The highest BCUT2D eigenvalue weighted by atomic mass is 35.5. The summed E-state index contributed by atoms with van der Waals surface area (Å²) >= 11 is 6.20. The van der Waals surface area contributed by atoms with Crippen LogP contribution in [0.15, 0.2) is 53.1 Å². The Morgan fingerprint density at radius 3 is 2.77 bits per heavy atom. The maximum absolute atomic E-state index is 12.6. The highest BCUT2D eigenvalue weighted by Gasteiger charge is 2.35. The van der Waals surface area contributed by atoms with Crippen LogP contribution >= 0.6 is 11.6 Å². The Balaban J connectivity index is 1.59. The quantitative estimate of drug-likeness (QED) is 0.682. The van der Waals surface area contributed by atoms with Crippen LogP contribution in [0.25, 0.3) is 11.4 Å². The van der Waals surface area contributed by atoms with Crippen LogP contribution in [0.1, 0.15) is 30.7 Å². The van der Waals surface area contributed by atoms with E-state index in [0.717, 1.165) is 23.2 Å². The third kappa shape index (κ3) is 2.99. The van der Waals surface area contributed by atoms with Gasteiger partial charge in [0.2, 0.25) is 17.6 Å². The minimum atomic E-state index is -0.115. The molecule has 0 spiro atoms. The van der Waals surface area contributed by atoms with Crippen molar-refractivity contribution in [1.29, 1.82) is 0 Å². The van der Waals surface area contributed by atoms with Gasteiger partial charge in [-0.3, -0.25) is 4.79 Å². The molecular weight excluding hydrogens is 350 g/mol. The standard InChI is InChI=1S/C20H18ClN3O2/c1-2-13-7-3-6-10-17(13)24-12-14(11-18(24)25)20-22-19(23-26-20)15-8-4-5-9-16(15)21/h3-10,14H,2,11-12H2,1H3. The van der Waals surface area contributed by atoms with E-state index < -0.39 is 0 Å². The number of carbonyl (C=O) groups is 1. The SMILES string of the molecule is CCc1ccccc1N1CC(c2nc(-c3ccccc3Cl)no2)CC1=O. The number of aryl methyl sites for hydroxylation is 1. The highest BCUT2D eigenvalue weighted by molar-refractivity contribution is 6.33. The fourth-order valence-corrected chi connectivity index (χ4v) is 3.55. The third-order valence-corrected chi connectivity index (χ3v) is 5.02. The molecule has 5 nitrogen and oxygen atoms in total. The Bertz CT molecular complexity index is 953. The first kappa shape index (κ1) is 16.8. The Morgan fingerprint density at radius 2 is 1.96 bits per heavy atom. The van der Waals surface area contributed by atoms with E-state index in [1.54, 1.807) is 6.07 Å². The lowest BCUT2D eigenvalue weighted by Gasteiger charge is -2.19. The van der Waals surface area contributed by atoms with E-state index in [2.05, 4.69) is 23.1 Å². The lowest BCUT2D eigenvalue weighted by Crippen LogP contribution is -2.25. The van der Waals surface area contributed by atoms with Gasteiger partial charge in [0.25, 0.3) is 0 Å². The Hall–Kier alpha value is -2.66. The lowest BCUT2D eigenvalue weighted by atomic mass is 10.1. The maximum atomic E-state index is 12.6. The van der Waals surface area contributed by atoms with Crippen molar-refractivity contribution in [2.24, 2.45) is 0 Å². The van der Waals surface area contributed by atoms with Gasteiger partial charge in [0, 0.05) is 24.2 Å². The first-order valence-corrected chi connectivity index (χ1v) is 9.02. The van der Waals surface area contributed by atoms with Crippen LogP contribution in [0.3, 0.4) is 0 Å². The second-order valence-electron chi connectivity index (χ2n) is 6.32. The van der Waals surface area contributed by atoms with E-state index in [1.807, 2.05) is 41.3 Å². The summed E-state index contributed by atoms with van der Waals surface area (Å²) < 4.78 is 5.45. The van der Waals surface area contributed by atoms with Crippen molar-refractivity contribution in [3.63, 3.8) is 0 Å². The zero-order valence-electron chi connectivity index (χ0n) is 14.4. The summed E-state index contributed by atoms with van der Waals surface area (Å²) in [7, 11) is 0. The average molecular weight is 368 g/mol. The van der Waals surface area contributed by atoms with E-state index in [1.165, 1.54) is 0 Å². The number of hydrogen-bond acceptors (Lipinski definition) is 4. The number of aromatic nitrogens is 2. The summed E-state index contributed by atoms with van der Waals surface area (Å²) in [6.45, 7) is 2.63. The van der Waals surface area contributed by atoms with E-state index in [4.69, 9.17) is 16.1 Å². The summed E-state index contributed by atoms with van der Waals surface area (Å²) in [4.78, 5) is 18.9. The fraction of sp³-hybridized carbons (Fsp3) is 0.250. The van der Waals surface area contributed by atoms with Gasteiger partial charge in [0.1, 0.15) is 0 Å². The summed E-state index contributed by atoms with van der Waals surface area (Å²) in [5.41, 5.74) is 2.85. The van der Waals surface area contributed by atoms with E-state index in [0.29, 0.717) is 29.7 Å². The summed E-state index contributed by atoms with van der Waals surface area (Å²) in [6, 6.07) is 15.4. The van der Waals surface area contributed by atoms with E-state index in [9.17, 15) is 4.79 Å². The highest BCUT2D eigenvalue weighted by Crippen LogP contribution is 2.34. The van der Waals surface area contributed by atoms with Crippen LogP contribution in [-0.2, 0) is 11.2 Å². The van der Waals surface area contributed by atoms with Crippen molar-refractivity contribution in [2.75, 3.05) is 11.4 Å². The molecule has 6 heteroatoms. The molecule has 1 saturated heterocycles. The van der Waals surface area contributed by atoms with Crippen molar-refractivity contribution in [1.82, 2.24) is 10.1 Å². The van der Waals surface area contributed by atoms with Crippen LogP contribution in [0, 0.1) is 0 Å². The van der Waals surface area contributed by atoms with Crippen molar-refractivity contribution in [3.05, 3.63) is 65.0 Å². The van der Waals surface area contributed by atoms with Crippen molar-refractivity contribution < 1.29 is 9.32 Å². The van der Waals surface area contributed by atoms with E-state index >= 15 is 0 Å². The van der Waals surface area contributed by atoms with Gasteiger partial charge in [-0.2, -0.15) is 4.98 Å². The zero-order valence-corrected chi connectivity index (χ0v) is 15.1. The van der Waals surface area contributed by atoms with Crippen LogP contribution in [0.4, 0.5) is 5.69 Å². The van der Waals surface area contributed by atoms with Gasteiger partial charge in [-0.05, 0) is 30.2 Å². The molecule has 0 bridgehead atoms. The van der Waals surface area contributed by atoms with Gasteiger partial charge in [-0.15, -0.1) is 0 Å². The first-order chi connectivity index (χ1) is 12.7. The van der Waals surface area contributed by atoms with Gasteiger partial charge in [-0.1, -0.05) is 54.0 Å². The molecule has 1 amide bonds. The molecule has 0 aliphatic carbocycles. The first-order valence-electron chi connectivity index (χ1n) is 8.64. The second-order valence-corrected chi connectivity index (χ2v) is 6.73. The van der Waals surface area contributed by atoms with Gasteiger partial charge in [-0.25, -0.2) is 0 Å². The number of anilines is 1. The molecule has 26 heavy (non-hydrogen) atoms. The average Bonchev–Trinajstić information content (AvgIpc) is 3.29. The second kappa shape index (κ2) is 6.92. The number of halogens is 1. The van der Waals surface area contributed by atoms with Gasteiger partial charge >= 0.3 is 0 Å². The normalized spacial score (nSPS) is 17.1. The largest absolute Gasteiger partial charge is 0.339 e. The molecule has 0 N–H and O–H groups in total. The van der Waals surface area contributed by atoms with Crippen molar-refractivity contribution in [3.8, 4) is 11.4 Å². The number of hydrogen-bond donors (Lipinski definition) is 0. The molecule has 1 aliphatic rings. The molecule has 1 aliphatic heterocycles. The Labute approximate surface area is 156 Å². The molecule has 2 heterocycles. The van der Waals surface area contributed by atoms with Gasteiger partial charge < -0.3 is 9.42 Å². The zero-order chi connectivity index (χ0) is 18.1. The molecule has 0 saturated carbocycles. The Morgan fingerprint density at radius 1 is 1.19 bits per heavy atom. The number of carbonyl (C=O) groups excluding carboxylic acids is 1. The van der Waals surface area contributed by atoms with E-state index in [-0.39, 0.29) is 11.8 Å². The molecular formula is C20H18ClN3O2. The summed E-state index contributed by atoms with van der Waals surface area (Å²) in [5, 5.41) is 4.62. The molecule has 1 fully saturated rings. The third-order valence-electron chi connectivity index (χ3n) is 4.69. The van der Waals surface area contributed by atoms with Crippen LogP contribution in [-0.4, -0.2) is 22.6 Å². The van der Waals surface area contributed by atoms with Crippen LogP contribution in [0.2, 0.25) is 5.02 Å². The summed E-state index contributed by atoms with van der Waals surface area (Å²) in [6.07, 6.45) is 1.24. The van der Waals surface area contributed by atoms with Gasteiger partial charge in [0.15, 0.2) is 0 Å². The molecule has 1 atom stereocenters. The predicted molar refractivity (Wildman–Crippen MR) is 100 cm³/mol. The summed E-state index contributed by atoms with van der Waals surface area (Å²) in [5.74, 6) is 0.889. The molecule has 1 unspecified atom stereocenters. The number of para-hydroxylation sites is 1. The van der Waals surface area contributed by atoms with Crippen LogP contribution < -0.4 is 4.90 Å². The number of amides is 1. The number of nitrogens with zero attached hydrogens (tertiary/aromatic N) is 3. The monoisotopic (exact) mass is 367 g/mol. The molecule has 132 valence electrons. The minimum absolute atomic E-state index is 0.0772. The van der Waals surface area contributed by atoms with Crippen LogP contribution in [0.5, 0.6) is 0 Å². The molecule has 3 aromatic rings. The molecule has 2 aromatic carbocycles. The molecule has 1 aromatic heterocycles. The topological polar surface area (TPSA) is 59.2 Å². The van der Waals surface area contributed by atoms with Crippen molar-refractivity contribution >= 4 is 23.2 Å². The fourth-order valence-electron chi connectivity index (χ4n) is 3.33. The number of rotatable bonds is 4. The maximum Gasteiger partial charge on any atom is 0.232 e. The minimum Gasteiger partial charge on any atom is -0.339 e. The molecule has 4 rings (SSSR count). The smallest absolute Gasteiger partial charge is 0.232 e. The number of benzene rings is 2. The van der Waals surface area contributed by atoms with Crippen molar-refractivity contribution in [2.45, 2.75) is 25.7 Å². The van der Waals surface area contributed by atoms with Gasteiger partial charge in [0.05, 0.1) is 10.9 Å².